The summed E-state index contributed by atoms with van der Waals surface area (Å²) in [4.78, 5) is 24.2. The van der Waals surface area contributed by atoms with Crippen LogP contribution in [0, 0.1) is 0 Å². The molecule has 0 aliphatic carbocycles. The first-order chi connectivity index (χ1) is 11.8. The molecule has 0 aliphatic heterocycles. The van der Waals surface area contributed by atoms with Gasteiger partial charge in [0.15, 0.2) is 6.10 Å². The summed E-state index contributed by atoms with van der Waals surface area (Å²) in [5.74, 6) is -1.14. The van der Waals surface area contributed by atoms with E-state index in [-0.39, 0.29) is 16.2 Å². The number of amides is 1. The van der Waals surface area contributed by atoms with Crippen LogP contribution in [0.4, 0.5) is 0 Å². The van der Waals surface area contributed by atoms with Gasteiger partial charge in [0, 0.05) is 19.6 Å². The van der Waals surface area contributed by atoms with Crippen molar-refractivity contribution in [3.63, 3.8) is 0 Å². The van der Waals surface area contributed by atoms with Gasteiger partial charge >= 0.3 is 5.97 Å². The highest BCUT2D eigenvalue weighted by atomic mass is 32.2. The van der Waals surface area contributed by atoms with Crippen molar-refractivity contribution in [1.82, 2.24) is 9.62 Å². The fraction of sp³-hybridized carbons (Fsp3) is 0.529. The summed E-state index contributed by atoms with van der Waals surface area (Å²) in [6.07, 6.45) is -1.03. The monoisotopic (exact) mass is 386 g/mol. The zero-order valence-electron chi connectivity index (χ0n) is 16.1. The summed E-state index contributed by atoms with van der Waals surface area (Å²) < 4.78 is 36.0. The number of ether oxygens (including phenoxy) is 2. The number of methoxy groups -OCH3 is 1. The molecule has 0 heterocycles. The normalized spacial score (nSPS) is 13.2. The van der Waals surface area contributed by atoms with Crippen LogP contribution in [0.15, 0.2) is 23.1 Å². The smallest absolute Gasteiger partial charge is 0.338 e. The Balaban J connectivity index is 3.09. The van der Waals surface area contributed by atoms with Gasteiger partial charge in [0.05, 0.1) is 12.7 Å². The second-order valence-corrected chi connectivity index (χ2v) is 9.06. The zero-order valence-corrected chi connectivity index (χ0v) is 16.9. The van der Waals surface area contributed by atoms with Crippen LogP contribution in [0.1, 0.15) is 38.1 Å². The number of rotatable bonds is 6. The third-order valence-electron chi connectivity index (χ3n) is 3.31. The SMILES string of the molecule is COc1ccc(C(=O)OC(C)C(=O)NC(C)(C)C)cc1S(=O)(=O)N(C)C. The van der Waals surface area contributed by atoms with E-state index in [1.807, 2.05) is 0 Å². The maximum absolute atomic E-state index is 12.4. The Labute approximate surface area is 154 Å². The molecule has 0 aromatic heterocycles. The molecule has 146 valence electrons. The summed E-state index contributed by atoms with van der Waals surface area (Å²) >= 11 is 0. The van der Waals surface area contributed by atoms with Gasteiger partial charge < -0.3 is 14.8 Å². The number of carbonyl (C=O) groups is 2. The van der Waals surface area contributed by atoms with Gasteiger partial charge in [-0.3, -0.25) is 4.79 Å². The summed E-state index contributed by atoms with van der Waals surface area (Å²) in [5, 5.41) is 2.71. The Bertz CT molecular complexity index is 781. The number of hydrogen-bond acceptors (Lipinski definition) is 6. The molecule has 0 spiro atoms. The summed E-state index contributed by atoms with van der Waals surface area (Å²) in [6, 6.07) is 3.92. The third kappa shape index (κ3) is 5.43. The van der Waals surface area contributed by atoms with E-state index >= 15 is 0 Å². The van der Waals surface area contributed by atoms with Crippen molar-refractivity contribution in [3.05, 3.63) is 23.8 Å². The Hall–Kier alpha value is -2.13. The first-order valence-corrected chi connectivity index (χ1v) is 9.37. The Morgan fingerprint density at radius 2 is 1.77 bits per heavy atom. The van der Waals surface area contributed by atoms with Crippen molar-refractivity contribution >= 4 is 21.9 Å². The molecule has 1 atom stereocenters. The van der Waals surface area contributed by atoms with Gasteiger partial charge in [0.1, 0.15) is 10.6 Å². The predicted molar refractivity (Wildman–Crippen MR) is 96.6 cm³/mol. The van der Waals surface area contributed by atoms with Crippen LogP contribution in [0.25, 0.3) is 0 Å². The van der Waals surface area contributed by atoms with Gasteiger partial charge in [0.2, 0.25) is 10.0 Å². The first kappa shape index (κ1) is 21.9. The molecule has 1 unspecified atom stereocenters. The van der Waals surface area contributed by atoms with E-state index in [4.69, 9.17) is 9.47 Å². The van der Waals surface area contributed by atoms with Crippen LogP contribution < -0.4 is 10.1 Å². The van der Waals surface area contributed by atoms with Gasteiger partial charge in [-0.2, -0.15) is 0 Å². The molecule has 0 saturated heterocycles. The van der Waals surface area contributed by atoms with Gasteiger partial charge in [-0.25, -0.2) is 17.5 Å². The highest BCUT2D eigenvalue weighted by Crippen LogP contribution is 2.27. The highest BCUT2D eigenvalue weighted by Gasteiger charge is 2.26. The minimum atomic E-state index is -3.82. The van der Waals surface area contributed by atoms with E-state index in [1.165, 1.54) is 46.3 Å². The topological polar surface area (TPSA) is 102 Å². The molecule has 8 nitrogen and oxygen atoms in total. The lowest BCUT2D eigenvalue weighted by molar-refractivity contribution is -0.130. The molecule has 1 N–H and O–H groups in total. The molecule has 0 bridgehead atoms. The summed E-state index contributed by atoms with van der Waals surface area (Å²) in [7, 11) is 0.258. The van der Waals surface area contributed by atoms with E-state index in [9.17, 15) is 18.0 Å². The van der Waals surface area contributed by atoms with Gasteiger partial charge in [-0.1, -0.05) is 0 Å². The second kappa shape index (κ2) is 8.05. The maximum Gasteiger partial charge on any atom is 0.338 e. The van der Waals surface area contributed by atoms with Gasteiger partial charge in [0.25, 0.3) is 5.91 Å². The quantitative estimate of drug-likeness (QED) is 0.742. The van der Waals surface area contributed by atoms with Crippen molar-refractivity contribution in [1.29, 1.82) is 0 Å². The fourth-order valence-electron chi connectivity index (χ4n) is 1.96. The summed E-state index contributed by atoms with van der Waals surface area (Å²) in [5.41, 5.74) is -0.466. The molecule has 0 fully saturated rings. The molecule has 9 heteroatoms. The van der Waals surface area contributed by atoms with Crippen molar-refractivity contribution in [3.8, 4) is 5.75 Å². The van der Waals surface area contributed by atoms with E-state index < -0.39 is 33.5 Å². The molecular formula is C17H26N2O6S. The van der Waals surface area contributed by atoms with E-state index in [0.717, 1.165) is 4.31 Å². The Morgan fingerprint density at radius 1 is 1.19 bits per heavy atom. The van der Waals surface area contributed by atoms with Crippen LogP contribution in [0.5, 0.6) is 5.75 Å². The van der Waals surface area contributed by atoms with Crippen molar-refractivity contribution in [2.75, 3.05) is 21.2 Å². The van der Waals surface area contributed by atoms with Gasteiger partial charge in [-0.05, 0) is 45.9 Å². The molecule has 1 aromatic carbocycles. The Morgan fingerprint density at radius 3 is 2.23 bits per heavy atom. The number of hydrogen-bond donors (Lipinski definition) is 1. The standard InChI is InChI=1S/C17H26N2O6S/c1-11(15(20)18-17(2,3)4)25-16(21)12-8-9-13(24-7)14(10-12)26(22,23)19(5)6/h8-11H,1-7H3,(H,18,20). The van der Waals surface area contributed by atoms with Crippen molar-refractivity contribution in [2.45, 2.75) is 44.2 Å². The van der Waals surface area contributed by atoms with Crippen molar-refractivity contribution < 1.29 is 27.5 Å². The highest BCUT2D eigenvalue weighted by molar-refractivity contribution is 7.89. The molecule has 0 saturated carbocycles. The minimum Gasteiger partial charge on any atom is -0.495 e. The van der Waals surface area contributed by atoms with Crippen molar-refractivity contribution in [2.24, 2.45) is 0 Å². The lowest BCUT2D eigenvalue weighted by Gasteiger charge is -2.23. The number of nitrogens with zero attached hydrogens (tertiary/aromatic N) is 1. The largest absolute Gasteiger partial charge is 0.495 e. The lowest BCUT2D eigenvalue weighted by Crippen LogP contribution is -2.46. The van der Waals surface area contributed by atoms with Gasteiger partial charge in [-0.15, -0.1) is 0 Å². The number of carbonyl (C=O) groups excluding carboxylic acids is 2. The molecular weight excluding hydrogens is 360 g/mol. The first-order valence-electron chi connectivity index (χ1n) is 7.93. The number of esters is 1. The average Bonchev–Trinajstić information content (AvgIpc) is 2.52. The van der Waals surface area contributed by atoms with Crippen LogP contribution in [-0.4, -0.2) is 57.4 Å². The summed E-state index contributed by atoms with van der Waals surface area (Å²) in [6.45, 7) is 6.86. The predicted octanol–water partition coefficient (Wildman–Crippen LogP) is 1.41. The number of benzene rings is 1. The van der Waals surface area contributed by atoms with E-state index in [2.05, 4.69) is 5.32 Å². The third-order valence-corrected chi connectivity index (χ3v) is 5.15. The Kier molecular flexibility index (Phi) is 6.78. The van der Waals surface area contributed by atoms with Crippen LogP contribution in [0.2, 0.25) is 0 Å². The lowest BCUT2D eigenvalue weighted by atomic mass is 10.1. The van der Waals surface area contributed by atoms with E-state index in [0.29, 0.717) is 0 Å². The van der Waals surface area contributed by atoms with E-state index in [1.54, 1.807) is 20.8 Å². The van der Waals surface area contributed by atoms with Crippen LogP contribution in [0.3, 0.4) is 0 Å². The number of sulfonamides is 1. The fourth-order valence-corrected chi connectivity index (χ4v) is 3.03. The minimum absolute atomic E-state index is 0.00151. The molecule has 26 heavy (non-hydrogen) atoms. The zero-order chi connectivity index (χ0) is 20.3. The maximum atomic E-state index is 12.4. The molecule has 0 aliphatic rings. The second-order valence-electron chi connectivity index (χ2n) is 6.94. The van der Waals surface area contributed by atoms with Crippen LogP contribution >= 0.6 is 0 Å². The van der Waals surface area contributed by atoms with Crippen LogP contribution in [-0.2, 0) is 19.6 Å². The molecule has 0 radical (unpaired) electrons. The molecule has 1 aromatic rings. The molecule has 1 amide bonds. The molecule has 1 rings (SSSR count). The number of nitrogens with one attached hydrogen (secondary N) is 1. The average molecular weight is 386 g/mol.